The average molecular weight is 303 g/mol. The predicted octanol–water partition coefficient (Wildman–Crippen LogP) is 0.825. The molecule has 2 unspecified atom stereocenters. The fourth-order valence-electron chi connectivity index (χ4n) is 2.40. The molecule has 0 radical (unpaired) electrons. The third-order valence-corrected chi connectivity index (χ3v) is 6.61. The maximum absolute atomic E-state index is 12.3. The summed E-state index contributed by atoms with van der Waals surface area (Å²) in [5.74, 6) is 0.322. The van der Waals surface area contributed by atoms with Gasteiger partial charge in [-0.25, -0.2) is 13.1 Å². The van der Waals surface area contributed by atoms with E-state index in [4.69, 9.17) is 5.73 Å². The smallest absolute Gasteiger partial charge is 0.250 e. The maximum Gasteiger partial charge on any atom is 0.250 e. The highest BCUT2D eigenvalue weighted by Crippen LogP contribution is 2.23. The number of nitrogens with zero attached hydrogens (tertiary/aromatic N) is 1. The number of thiophene rings is 1. The summed E-state index contributed by atoms with van der Waals surface area (Å²) in [4.78, 5) is 3.12. The van der Waals surface area contributed by atoms with Crippen LogP contribution in [-0.2, 0) is 16.6 Å². The van der Waals surface area contributed by atoms with Crippen molar-refractivity contribution in [3.05, 3.63) is 17.0 Å². The lowest BCUT2D eigenvalue weighted by Crippen LogP contribution is -2.48. The van der Waals surface area contributed by atoms with E-state index in [0.717, 1.165) is 24.4 Å². The first-order chi connectivity index (χ1) is 8.92. The van der Waals surface area contributed by atoms with E-state index < -0.39 is 10.0 Å². The van der Waals surface area contributed by atoms with Gasteiger partial charge in [-0.15, -0.1) is 11.3 Å². The summed E-state index contributed by atoms with van der Waals surface area (Å²) in [6.07, 6.45) is 0.853. The number of hydrogen-bond acceptors (Lipinski definition) is 5. The predicted molar refractivity (Wildman–Crippen MR) is 77.6 cm³/mol. The Morgan fingerprint density at radius 2 is 2.26 bits per heavy atom. The molecule has 5 nitrogen and oxygen atoms in total. The standard InChI is InChI=1S/C12H21N3O2S2/c1-9-8-15(2)6-5-11(9)14-19(16,17)12-4-3-10(7-13)18-12/h3-4,9,11,14H,5-8,13H2,1-2H3. The highest BCUT2D eigenvalue weighted by Gasteiger charge is 2.29. The van der Waals surface area contributed by atoms with E-state index in [9.17, 15) is 8.42 Å². The Kier molecular flexibility index (Phi) is 4.62. The Balaban J connectivity index is 2.08. The Bertz CT molecular complexity index is 527. The quantitative estimate of drug-likeness (QED) is 0.864. The molecule has 1 aliphatic rings. The van der Waals surface area contributed by atoms with Crippen LogP contribution in [0.25, 0.3) is 0 Å². The van der Waals surface area contributed by atoms with Crippen LogP contribution in [0.4, 0.5) is 0 Å². The lowest BCUT2D eigenvalue weighted by Gasteiger charge is -2.34. The molecule has 2 heterocycles. The van der Waals surface area contributed by atoms with Gasteiger partial charge in [0.25, 0.3) is 0 Å². The van der Waals surface area contributed by atoms with Crippen molar-refractivity contribution in [2.75, 3.05) is 20.1 Å². The Labute approximate surface area is 118 Å². The lowest BCUT2D eigenvalue weighted by molar-refractivity contribution is 0.188. The molecule has 1 aromatic rings. The van der Waals surface area contributed by atoms with Crippen LogP contribution in [0.15, 0.2) is 16.3 Å². The van der Waals surface area contributed by atoms with Crippen molar-refractivity contribution in [1.82, 2.24) is 9.62 Å². The van der Waals surface area contributed by atoms with Crippen LogP contribution in [0.3, 0.4) is 0 Å². The molecule has 1 fully saturated rings. The molecule has 0 aromatic carbocycles. The summed E-state index contributed by atoms with van der Waals surface area (Å²) >= 11 is 1.24. The molecule has 0 amide bonds. The van der Waals surface area contributed by atoms with Crippen LogP contribution in [0.1, 0.15) is 18.2 Å². The number of nitrogens with one attached hydrogen (secondary N) is 1. The first-order valence-corrected chi connectivity index (χ1v) is 8.72. The molecule has 1 saturated heterocycles. The van der Waals surface area contributed by atoms with Crippen molar-refractivity contribution in [2.24, 2.45) is 11.7 Å². The monoisotopic (exact) mass is 303 g/mol. The molecule has 0 spiro atoms. The zero-order valence-corrected chi connectivity index (χ0v) is 12.9. The zero-order valence-electron chi connectivity index (χ0n) is 11.3. The van der Waals surface area contributed by atoms with Gasteiger partial charge in [0.05, 0.1) is 0 Å². The highest BCUT2D eigenvalue weighted by molar-refractivity contribution is 7.91. The van der Waals surface area contributed by atoms with Crippen LogP contribution in [-0.4, -0.2) is 39.5 Å². The number of likely N-dealkylation sites (tertiary alicyclic amines) is 1. The van der Waals surface area contributed by atoms with Crippen LogP contribution in [0, 0.1) is 5.92 Å². The molecule has 0 saturated carbocycles. The third kappa shape index (κ3) is 3.55. The van der Waals surface area contributed by atoms with Crippen molar-refractivity contribution >= 4 is 21.4 Å². The largest absolute Gasteiger partial charge is 0.326 e. The zero-order chi connectivity index (χ0) is 14.0. The van der Waals surface area contributed by atoms with Crippen molar-refractivity contribution in [1.29, 1.82) is 0 Å². The minimum absolute atomic E-state index is 0.0182. The molecule has 0 aliphatic carbocycles. The van der Waals surface area contributed by atoms with E-state index in [1.54, 1.807) is 12.1 Å². The molecule has 0 bridgehead atoms. The molecular formula is C12H21N3O2S2. The van der Waals surface area contributed by atoms with Crippen LogP contribution in [0.5, 0.6) is 0 Å². The van der Waals surface area contributed by atoms with Gasteiger partial charge in [-0.2, -0.15) is 0 Å². The Hall–Kier alpha value is -0.470. The van der Waals surface area contributed by atoms with E-state index in [2.05, 4.69) is 23.6 Å². The molecule has 19 heavy (non-hydrogen) atoms. The molecule has 3 N–H and O–H groups in total. The highest BCUT2D eigenvalue weighted by atomic mass is 32.2. The fourth-order valence-corrected chi connectivity index (χ4v) is 5.03. The van der Waals surface area contributed by atoms with Crippen molar-refractivity contribution < 1.29 is 8.42 Å². The first-order valence-electron chi connectivity index (χ1n) is 6.42. The van der Waals surface area contributed by atoms with E-state index in [1.807, 2.05) is 0 Å². The second kappa shape index (κ2) is 5.88. The second-order valence-corrected chi connectivity index (χ2v) is 8.29. The summed E-state index contributed by atoms with van der Waals surface area (Å²) in [6, 6.07) is 3.43. The molecule has 2 rings (SSSR count). The molecule has 1 aliphatic heterocycles. The van der Waals surface area contributed by atoms with Crippen LogP contribution >= 0.6 is 11.3 Å². The number of rotatable bonds is 4. The SMILES string of the molecule is CC1CN(C)CCC1NS(=O)(=O)c1ccc(CN)s1. The van der Waals surface area contributed by atoms with Gasteiger partial charge in [0.15, 0.2) is 0 Å². The Morgan fingerprint density at radius 1 is 1.53 bits per heavy atom. The normalized spacial score (nSPS) is 25.6. The average Bonchev–Trinajstić information content (AvgIpc) is 2.82. The molecular weight excluding hydrogens is 282 g/mol. The summed E-state index contributed by atoms with van der Waals surface area (Å²) in [6.45, 7) is 4.31. The summed E-state index contributed by atoms with van der Waals surface area (Å²) in [5.41, 5.74) is 5.52. The minimum atomic E-state index is -3.41. The van der Waals surface area contributed by atoms with Crippen molar-refractivity contribution in [3.8, 4) is 0 Å². The van der Waals surface area contributed by atoms with Crippen molar-refractivity contribution in [2.45, 2.75) is 30.1 Å². The van der Waals surface area contributed by atoms with Gasteiger partial charge in [-0.3, -0.25) is 0 Å². The van der Waals surface area contributed by atoms with E-state index in [1.165, 1.54) is 11.3 Å². The van der Waals surface area contributed by atoms with Gasteiger partial charge in [0.2, 0.25) is 10.0 Å². The number of nitrogens with two attached hydrogens (primary N) is 1. The minimum Gasteiger partial charge on any atom is -0.326 e. The van der Waals surface area contributed by atoms with Crippen molar-refractivity contribution in [3.63, 3.8) is 0 Å². The van der Waals surface area contributed by atoms with Crippen LogP contribution < -0.4 is 10.5 Å². The van der Waals surface area contributed by atoms with Gasteiger partial charge in [0, 0.05) is 24.0 Å². The third-order valence-electron chi connectivity index (χ3n) is 3.52. The van der Waals surface area contributed by atoms with E-state index in [-0.39, 0.29) is 6.04 Å². The second-order valence-electron chi connectivity index (χ2n) is 5.18. The van der Waals surface area contributed by atoms with Crippen LogP contribution in [0.2, 0.25) is 0 Å². The number of piperidine rings is 1. The first kappa shape index (κ1) is 14.9. The topological polar surface area (TPSA) is 75.4 Å². The molecule has 1 aromatic heterocycles. The van der Waals surface area contributed by atoms with Gasteiger partial charge < -0.3 is 10.6 Å². The summed E-state index contributed by atoms with van der Waals surface area (Å²) < 4.78 is 27.8. The number of sulfonamides is 1. The molecule has 7 heteroatoms. The summed E-state index contributed by atoms with van der Waals surface area (Å²) in [7, 11) is -1.34. The Morgan fingerprint density at radius 3 is 2.84 bits per heavy atom. The maximum atomic E-state index is 12.3. The van der Waals surface area contributed by atoms with Gasteiger partial charge in [-0.1, -0.05) is 6.92 Å². The van der Waals surface area contributed by atoms with Gasteiger partial charge in [-0.05, 0) is 38.1 Å². The fraction of sp³-hybridized carbons (Fsp3) is 0.667. The van der Waals surface area contributed by atoms with E-state index >= 15 is 0 Å². The molecule has 2 atom stereocenters. The number of hydrogen-bond donors (Lipinski definition) is 2. The van der Waals surface area contributed by atoms with E-state index in [0.29, 0.717) is 16.7 Å². The summed E-state index contributed by atoms with van der Waals surface area (Å²) in [5, 5.41) is 0. The van der Waals surface area contributed by atoms with Gasteiger partial charge >= 0.3 is 0 Å². The lowest BCUT2D eigenvalue weighted by atomic mass is 9.95. The van der Waals surface area contributed by atoms with Gasteiger partial charge in [0.1, 0.15) is 4.21 Å². The molecule has 108 valence electrons.